The van der Waals surface area contributed by atoms with Crippen molar-refractivity contribution in [2.45, 2.75) is 24.4 Å². The molecule has 2 rings (SSSR count). The molecular weight excluding hydrogens is 309 g/mol. The van der Waals surface area contributed by atoms with Crippen LogP contribution in [0.5, 0.6) is 0 Å². The summed E-state index contributed by atoms with van der Waals surface area (Å²) in [6.07, 6.45) is 2.08. The molecule has 0 aromatic heterocycles. The van der Waals surface area contributed by atoms with E-state index in [0.29, 0.717) is 11.6 Å². The summed E-state index contributed by atoms with van der Waals surface area (Å²) in [6.45, 7) is 2.84. The van der Waals surface area contributed by atoms with Gasteiger partial charge in [0.15, 0.2) is 0 Å². The van der Waals surface area contributed by atoms with Crippen molar-refractivity contribution in [2.75, 3.05) is 6.26 Å². The maximum absolute atomic E-state index is 6.16. The summed E-state index contributed by atoms with van der Waals surface area (Å²) in [7, 11) is 0. The molecule has 0 saturated heterocycles. The van der Waals surface area contributed by atoms with Crippen molar-refractivity contribution >= 4 is 35.0 Å². The fraction of sp³-hybridized carbons (Fsp3) is 0.250. The first-order valence-electron chi connectivity index (χ1n) is 6.41. The maximum atomic E-state index is 6.16. The van der Waals surface area contributed by atoms with Crippen LogP contribution >= 0.6 is 35.0 Å². The van der Waals surface area contributed by atoms with E-state index in [9.17, 15) is 0 Å². The van der Waals surface area contributed by atoms with Crippen LogP contribution in [-0.2, 0) is 6.54 Å². The minimum atomic E-state index is 0.265. The van der Waals surface area contributed by atoms with E-state index in [-0.39, 0.29) is 6.04 Å². The van der Waals surface area contributed by atoms with Gasteiger partial charge in [-0.1, -0.05) is 35.3 Å². The van der Waals surface area contributed by atoms with Crippen molar-refractivity contribution in [3.63, 3.8) is 0 Å². The molecule has 0 fully saturated rings. The molecule has 1 N–H and O–H groups in total. The quantitative estimate of drug-likeness (QED) is 0.721. The molecule has 0 radical (unpaired) electrons. The summed E-state index contributed by atoms with van der Waals surface area (Å²) in [6, 6.07) is 14.4. The Balaban J connectivity index is 2.00. The molecule has 0 aliphatic rings. The second-order valence-electron chi connectivity index (χ2n) is 4.61. The van der Waals surface area contributed by atoms with Crippen molar-refractivity contribution in [1.82, 2.24) is 5.32 Å². The standard InChI is InChI=1S/C16H17Cl2NS/c1-11(12-3-6-15(20-2)7-4-12)19-10-13-9-14(17)5-8-16(13)18/h3-9,11,19H,10H2,1-2H3. The fourth-order valence-corrected chi connectivity index (χ4v) is 2.74. The minimum absolute atomic E-state index is 0.265. The van der Waals surface area contributed by atoms with Gasteiger partial charge < -0.3 is 5.32 Å². The molecule has 0 bridgehead atoms. The fourth-order valence-electron chi connectivity index (χ4n) is 1.95. The van der Waals surface area contributed by atoms with Crippen LogP contribution in [-0.4, -0.2) is 6.26 Å². The van der Waals surface area contributed by atoms with Crippen molar-refractivity contribution in [2.24, 2.45) is 0 Å². The van der Waals surface area contributed by atoms with Gasteiger partial charge in [-0.3, -0.25) is 0 Å². The van der Waals surface area contributed by atoms with Gasteiger partial charge in [0.25, 0.3) is 0 Å². The summed E-state index contributed by atoms with van der Waals surface area (Å²) in [4.78, 5) is 1.28. The van der Waals surface area contributed by atoms with E-state index >= 15 is 0 Å². The summed E-state index contributed by atoms with van der Waals surface area (Å²) in [5.41, 5.74) is 2.28. The first-order valence-corrected chi connectivity index (χ1v) is 8.39. The first-order chi connectivity index (χ1) is 9.60. The van der Waals surface area contributed by atoms with Crippen LogP contribution in [0.1, 0.15) is 24.1 Å². The smallest absolute Gasteiger partial charge is 0.0451 e. The van der Waals surface area contributed by atoms with Gasteiger partial charge in [-0.2, -0.15) is 0 Å². The highest BCUT2D eigenvalue weighted by Gasteiger charge is 2.07. The number of hydrogen-bond donors (Lipinski definition) is 1. The van der Waals surface area contributed by atoms with Crippen molar-refractivity contribution in [3.8, 4) is 0 Å². The molecule has 106 valence electrons. The third-order valence-corrected chi connectivity index (χ3v) is 4.57. The molecule has 1 atom stereocenters. The Hall–Kier alpha value is -0.670. The summed E-state index contributed by atoms with van der Waals surface area (Å²) < 4.78 is 0. The van der Waals surface area contributed by atoms with Gasteiger partial charge in [-0.25, -0.2) is 0 Å². The highest BCUT2D eigenvalue weighted by Crippen LogP contribution is 2.22. The van der Waals surface area contributed by atoms with Gasteiger partial charge in [0.2, 0.25) is 0 Å². The molecule has 0 amide bonds. The lowest BCUT2D eigenvalue weighted by Gasteiger charge is -2.15. The highest BCUT2D eigenvalue weighted by molar-refractivity contribution is 7.98. The predicted octanol–water partition coefficient (Wildman–Crippen LogP) is 5.57. The zero-order valence-electron chi connectivity index (χ0n) is 11.5. The molecule has 0 heterocycles. The Kier molecular flexibility index (Phi) is 5.79. The van der Waals surface area contributed by atoms with E-state index in [1.165, 1.54) is 10.5 Å². The van der Waals surface area contributed by atoms with Crippen molar-refractivity contribution < 1.29 is 0 Å². The summed E-state index contributed by atoms with van der Waals surface area (Å²) >= 11 is 13.9. The number of halogens is 2. The zero-order chi connectivity index (χ0) is 14.5. The SMILES string of the molecule is CSc1ccc(C(C)NCc2cc(Cl)ccc2Cl)cc1. The zero-order valence-corrected chi connectivity index (χ0v) is 13.8. The lowest BCUT2D eigenvalue weighted by atomic mass is 10.1. The van der Waals surface area contributed by atoms with E-state index < -0.39 is 0 Å². The predicted molar refractivity (Wildman–Crippen MR) is 89.9 cm³/mol. The van der Waals surface area contributed by atoms with E-state index in [1.807, 2.05) is 12.1 Å². The molecule has 1 nitrogen and oxygen atoms in total. The molecule has 0 aliphatic heterocycles. The van der Waals surface area contributed by atoms with E-state index in [0.717, 1.165) is 10.6 Å². The number of benzene rings is 2. The summed E-state index contributed by atoms with van der Waals surface area (Å²) in [5.74, 6) is 0. The van der Waals surface area contributed by atoms with Crippen LogP contribution in [0, 0.1) is 0 Å². The largest absolute Gasteiger partial charge is 0.306 e. The normalized spacial score (nSPS) is 12.4. The average molecular weight is 326 g/mol. The van der Waals surface area contributed by atoms with Crippen LogP contribution in [0.25, 0.3) is 0 Å². The second-order valence-corrected chi connectivity index (χ2v) is 6.33. The van der Waals surface area contributed by atoms with Crippen LogP contribution in [0.3, 0.4) is 0 Å². The average Bonchev–Trinajstić information content (AvgIpc) is 2.48. The van der Waals surface area contributed by atoms with Gasteiger partial charge in [0.1, 0.15) is 0 Å². The Morgan fingerprint density at radius 1 is 1.10 bits per heavy atom. The monoisotopic (exact) mass is 325 g/mol. The molecule has 20 heavy (non-hydrogen) atoms. The van der Waals surface area contributed by atoms with Gasteiger partial charge in [0, 0.05) is 27.5 Å². The van der Waals surface area contributed by atoms with Gasteiger partial charge in [-0.15, -0.1) is 11.8 Å². The van der Waals surface area contributed by atoms with Gasteiger partial charge in [0.05, 0.1) is 0 Å². The van der Waals surface area contributed by atoms with Crippen LogP contribution in [0.2, 0.25) is 10.0 Å². The second kappa shape index (κ2) is 7.37. The topological polar surface area (TPSA) is 12.0 Å². The van der Waals surface area contributed by atoms with Crippen molar-refractivity contribution in [3.05, 3.63) is 63.6 Å². The molecule has 2 aromatic rings. The summed E-state index contributed by atoms with van der Waals surface area (Å²) in [5, 5.41) is 4.92. The van der Waals surface area contributed by atoms with E-state index in [1.54, 1.807) is 17.8 Å². The number of thioether (sulfide) groups is 1. The third kappa shape index (κ3) is 4.16. The molecule has 0 spiro atoms. The maximum Gasteiger partial charge on any atom is 0.0451 e. The molecular formula is C16H17Cl2NS. The Morgan fingerprint density at radius 3 is 2.45 bits per heavy atom. The third-order valence-electron chi connectivity index (χ3n) is 3.22. The number of rotatable bonds is 5. The van der Waals surface area contributed by atoms with Crippen LogP contribution < -0.4 is 5.32 Å². The molecule has 0 saturated carbocycles. The minimum Gasteiger partial charge on any atom is -0.306 e. The Morgan fingerprint density at radius 2 is 1.80 bits per heavy atom. The van der Waals surface area contributed by atoms with Gasteiger partial charge in [-0.05, 0) is 54.6 Å². The molecule has 4 heteroatoms. The molecule has 2 aromatic carbocycles. The number of hydrogen-bond acceptors (Lipinski definition) is 2. The highest BCUT2D eigenvalue weighted by atomic mass is 35.5. The lowest BCUT2D eigenvalue weighted by molar-refractivity contribution is 0.574. The Labute approximate surface area is 134 Å². The van der Waals surface area contributed by atoms with E-state index in [4.69, 9.17) is 23.2 Å². The number of nitrogens with one attached hydrogen (secondary N) is 1. The van der Waals surface area contributed by atoms with Crippen LogP contribution in [0.4, 0.5) is 0 Å². The Bertz CT molecular complexity index is 569. The molecule has 1 unspecified atom stereocenters. The molecule has 0 aliphatic carbocycles. The first kappa shape index (κ1) is 15.7. The van der Waals surface area contributed by atoms with Gasteiger partial charge >= 0.3 is 0 Å². The van der Waals surface area contributed by atoms with Crippen LogP contribution in [0.15, 0.2) is 47.4 Å². The lowest BCUT2D eigenvalue weighted by Crippen LogP contribution is -2.18. The van der Waals surface area contributed by atoms with Crippen molar-refractivity contribution in [1.29, 1.82) is 0 Å². The van der Waals surface area contributed by atoms with E-state index in [2.05, 4.69) is 42.8 Å².